The number of ether oxygens (including phenoxy) is 1. The van der Waals surface area contributed by atoms with Gasteiger partial charge in [-0.25, -0.2) is 4.79 Å². The Hall–Kier alpha value is -3.61. The Kier molecular flexibility index (Phi) is 6.85. The lowest BCUT2D eigenvalue weighted by Crippen LogP contribution is -2.19. The van der Waals surface area contributed by atoms with Gasteiger partial charge in [-0.2, -0.15) is 4.68 Å². The Bertz CT molecular complexity index is 1040. The van der Waals surface area contributed by atoms with E-state index in [0.717, 1.165) is 12.0 Å². The number of Topliss-reactive ketones (excluding diaryl/α,β-unsaturated/α-hetero) is 1. The van der Waals surface area contributed by atoms with Gasteiger partial charge in [-0.15, -0.1) is 5.10 Å². The van der Waals surface area contributed by atoms with E-state index in [-0.39, 0.29) is 18.1 Å². The Morgan fingerprint density at radius 2 is 1.80 bits per heavy atom. The SMILES string of the molecule is CC[C@H](C)c1ccc(C(=O)COC(=O)/C(=C/c2ccccc2)n2nnnc2C)cc1. The molecule has 30 heavy (non-hydrogen) atoms. The highest BCUT2D eigenvalue weighted by Gasteiger charge is 2.19. The molecule has 0 unspecified atom stereocenters. The molecule has 1 aromatic heterocycles. The van der Waals surface area contributed by atoms with Crippen molar-refractivity contribution in [3.63, 3.8) is 0 Å². The van der Waals surface area contributed by atoms with Crippen molar-refractivity contribution in [2.24, 2.45) is 0 Å². The summed E-state index contributed by atoms with van der Waals surface area (Å²) >= 11 is 0. The van der Waals surface area contributed by atoms with Crippen LogP contribution in [0.1, 0.15) is 53.5 Å². The van der Waals surface area contributed by atoms with E-state index in [1.54, 1.807) is 25.1 Å². The third-order valence-electron chi connectivity index (χ3n) is 4.91. The van der Waals surface area contributed by atoms with Gasteiger partial charge in [-0.05, 0) is 46.9 Å². The van der Waals surface area contributed by atoms with Gasteiger partial charge >= 0.3 is 5.97 Å². The maximum absolute atomic E-state index is 12.8. The standard InChI is InChI=1S/C23H24N4O3/c1-4-16(2)19-10-12-20(13-11-19)22(28)15-30-23(29)21(27-17(3)24-25-26-27)14-18-8-6-5-7-9-18/h5-14,16H,4,15H2,1-3H3/b21-14-/t16-/m0/s1. The lowest BCUT2D eigenvalue weighted by atomic mass is 9.97. The third kappa shape index (κ3) is 5.05. The summed E-state index contributed by atoms with van der Waals surface area (Å²) < 4.78 is 6.59. The molecule has 0 aliphatic rings. The van der Waals surface area contributed by atoms with E-state index in [4.69, 9.17) is 4.74 Å². The molecule has 0 bridgehead atoms. The summed E-state index contributed by atoms with van der Waals surface area (Å²) in [5, 5.41) is 11.3. The molecule has 0 aliphatic heterocycles. The first kappa shape index (κ1) is 21.1. The second kappa shape index (κ2) is 9.73. The van der Waals surface area contributed by atoms with Crippen molar-refractivity contribution >= 4 is 23.5 Å². The highest BCUT2D eigenvalue weighted by Crippen LogP contribution is 2.19. The predicted molar refractivity (Wildman–Crippen MR) is 114 cm³/mol. The first-order chi connectivity index (χ1) is 14.5. The molecule has 1 heterocycles. The minimum atomic E-state index is -0.682. The van der Waals surface area contributed by atoms with Crippen LogP contribution in [0.5, 0.6) is 0 Å². The first-order valence-electron chi connectivity index (χ1n) is 9.82. The molecule has 0 N–H and O–H groups in total. The topological polar surface area (TPSA) is 87.0 Å². The van der Waals surface area contributed by atoms with Gasteiger partial charge in [-0.3, -0.25) is 4.79 Å². The summed E-state index contributed by atoms with van der Waals surface area (Å²) in [6.07, 6.45) is 2.65. The van der Waals surface area contributed by atoms with E-state index in [1.807, 2.05) is 42.5 Å². The number of rotatable bonds is 8. The van der Waals surface area contributed by atoms with E-state index in [9.17, 15) is 9.59 Å². The van der Waals surface area contributed by atoms with Crippen LogP contribution in [0.15, 0.2) is 54.6 Å². The van der Waals surface area contributed by atoms with E-state index < -0.39 is 5.97 Å². The number of hydrogen-bond donors (Lipinski definition) is 0. The van der Waals surface area contributed by atoms with Crippen LogP contribution in [-0.2, 0) is 9.53 Å². The maximum atomic E-state index is 12.8. The average Bonchev–Trinajstić information content (AvgIpc) is 3.21. The van der Waals surface area contributed by atoms with Crippen LogP contribution in [0, 0.1) is 6.92 Å². The van der Waals surface area contributed by atoms with E-state index in [2.05, 4.69) is 29.4 Å². The number of aromatic nitrogens is 4. The molecule has 0 saturated heterocycles. The van der Waals surface area contributed by atoms with E-state index in [1.165, 1.54) is 10.2 Å². The molecule has 3 aromatic rings. The summed E-state index contributed by atoms with van der Waals surface area (Å²) in [6, 6.07) is 16.7. The van der Waals surface area contributed by atoms with E-state index >= 15 is 0 Å². The molecule has 2 aromatic carbocycles. The zero-order chi connectivity index (χ0) is 21.5. The number of carbonyl (C=O) groups excluding carboxylic acids is 2. The number of esters is 1. The molecule has 0 fully saturated rings. The molecule has 0 spiro atoms. The maximum Gasteiger partial charge on any atom is 0.357 e. The number of benzene rings is 2. The zero-order valence-corrected chi connectivity index (χ0v) is 17.3. The predicted octanol–water partition coefficient (Wildman–Crippen LogP) is 3.92. The lowest BCUT2D eigenvalue weighted by molar-refractivity contribution is -0.136. The normalized spacial score (nSPS) is 12.4. The van der Waals surface area contributed by atoms with Crippen LogP contribution in [0.25, 0.3) is 11.8 Å². The number of nitrogens with zero attached hydrogens (tertiary/aromatic N) is 4. The molecule has 0 amide bonds. The summed E-state index contributed by atoms with van der Waals surface area (Å²) in [4.78, 5) is 25.2. The summed E-state index contributed by atoms with van der Waals surface area (Å²) in [6.45, 7) is 5.57. The van der Waals surface area contributed by atoms with Crippen LogP contribution in [-0.4, -0.2) is 38.6 Å². The van der Waals surface area contributed by atoms with Crippen LogP contribution < -0.4 is 0 Å². The number of carbonyl (C=O) groups is 2. The third-order valence-corrected chi connectivity index (χ3v) is 4.91. The Labute approximate surface area is 175 Å². The van der Waals surface area contributed by atoms with Gasteiger partial charge in [-0.1, -0.05) is 68.4 Å². The highest BCUT2D eigenvalue weighted by atomic mass is 16.5. The van der Waals surface area contributed by atoms with Crippen LogP contribution in [0.2, 0.25) is 0 Å². The second-order valence-corrected chi connectivity index (χ2v) is 7.01. The Morgan fingerprint density at radius 1 is 1.10 bits per heavy atom. The smallest absolute Gasteiger partial charge is 0.357 e. The second-order valence-electron chi connectivity index (χ2n) is 7.01. The van der Waals surface area contributed by atoms with Gasteiger partial charge in [0.2, 0.25) is 0 Å². The van der Waals surface area contributed by atoms with Crippen LogP contribution in [0.3, 0.4) is 0 Å². The first-order valence-corrected chi connectivity index (χ1v) is 9.82. The minimum Gasteiger partial charge on any atom is -0.453 e. The molecule has 3 rings (SSSR count). The van der Waals surface area contributed by atoms with Crippen molar-refractivity contribution in [2.45, 2.75) is 33.1 Å². The quantitative estimate of drug-likeness (QED) is 0.321. The van der Waals surface area contributed by atoms with Crippen molar-refractivity contribution in [1.82, 2.24) is 20.2 Å². The number of aryl methyl sites for hydroxylation is 1. The van der Waals surface area contributed by atoms with Crippen molar-refractivity contribution in [3.05, 3.63) is 77.1 Å². The van der Waals surface area contributed by atoms with Gasteiger partial charge in [0.25, 0.3) is 0 Å². The highest BCUT2D eigenvalue weighted by molar-refractivity contribution is 6.16. The fourth-order valence-corrected chi connectivity index (χ4v) is 2.89. The molecule has 0 aliphatic carbocycles. The molecule has 0 saturated carbocycles. The average molecular weight is 404 g/mol. The van der Waals surface area contributed by atoms with Gasteiger partial charge in [0.15, 0.2) is 23.9 Å². The fraction of sp³-hybridized carbons (Fsp3) is 0.261. The molecule has 0 radical (unpaired) electrons. The van der Waals surface area contributed by atoms with Crippen molar-refractivity contribution in [2.75, 3.05) is 6.61 Å². The molecule has 154 valence electrons. The fourth-order valence-electron chi connectivity index (χ4n) is 2.89. The van der Waals surface area contributed by atoms with Crippen molar-refractivity contribution < 1.29 is 14.3 Å². The molecular weight excluding hydrogens is 380 g/mol. The molecule has 1 atom stereocenters. The van der Waals surface area contributed by atoms with Gasteiger partial charge in [0.1, 0.15) is 0 Å². The Morgan fingerprint density at radius 3 is 2.40 bits per heavy atom. The Balaban J connectivity index is 1.74. The number of hydrogen-bond acceptors (Lipinski definition) is 6. The zero-order valence-electron chi connectivity index (χ0n) is 17.3. The van der Waals surface area contributed by atoms with Crippen molar-refractivity contribution in [1.29, 1.82) is 0 Å². The largest absolute Gasteiger partial charge is 0.453 e. The van der Waals surface area contributed by atoms with E-state index in [0.29, 0.717) is 17.3 Å². The van der Waals surface area contributed by atoms with Crippen LogP contribution >= 0.6 is 0 Å². The lowest BCUT2D eigenvalue weighted by Gasteiger charge is -2.10. The summed E-state index contributed by atoms with van der Waals surface area (Å²) in [5.41, 5.74) is 2.59. The van der Waals surface area contributed by atoms with Gasteiger partial charge in [0, 0.05) is 5.56 Å². The number of ketones is 1. The minimum absolute atomic E-state index is 0.128. The van der Waals surface area contributed by atoms with Crippen LogP contribution in [0.4, 0.5) is 0 Å². The molecule has 7 nitrogen and oxygen atoms in total. The van der Waals surface area contributed by atoms with Crippen molar-refractivity contribution in [3.8, 4) is 0 Å². The van der Waals surface area contributed by atoms with Gasteiger partial charge in [0.05, 0.1) is 0 Å². The molecular formula is C23H24N4O3. The number of tetrazole rings is 1. The molecule has 7 heteroatoms. The summed E-state index contributed by atoms with van der Waals surface area (Å²) in [5.74, 6) is -0.0938. The summed E-state index contributed by atoms with van der Waals surface area (Å²) in [7, 11) is 0. The van der Waals surface area contributed by atoms with Gasteiger partial charge < -0.3 is 4.74 Å². The monoisotopic (exact) mass is 404 g/mol.